The number of benzene rings is 2. The molecule has 0 aliphatic heterocycles. The highest BCUT2D eigenvalue weighted by atomic mass is 32.2. The van der Waals surface area contributed by atoms with Gasteiger partial charge in [-0.15, -0.1) is 11.3 Å². The maximum Gasteiger partial charge on any atom is 0.276 e. The molecule has 0 aliphatic carbocycles. The summed E-state index contributed by atoms with van der Waals surface area (Å²) < 4.78 is 42.2. The van der Waals surface area contributed by atoms with Gasteiger partial charge in [-0.2, -0.15) is 0 Å². The standard InChI is InChI=1S/C20H12F3N3O2S2/c21-11-2-1-3-14(7-11)24-17(27)10-30-20-25-16-4-5-29-18(16)19(28)26(20)15-8-12(22)6-13(23)9-15/h1-9H,10H2,(H,24,27). The number of carbonyl (C=O) groups is 1. The third kappa shape index (κ3) is 4.24. The Labute approximate surface area is 176 Å². The third-order valence-electron chi connectivity index (χ3n) is 4.00. The number of halogens is 3. The molecular weight excluding hydrogens is 435 g/mol. The predicted molar refractivity (Wildman–Crippen MR) is 111 cm³/mol. The SMILES string of the molecule is O=C(CSc1nc2ccsc2c(=O)n1-c1cc(F)cc(F)c1)Nc1cccc(F)c1. The molecule has 10 heteroatoms. The van der Waals surface area contributed by atoms with Crippen LogP contribution < -0.4 is 10.9 Å². The first-order chi connectivity index (χ1) is 14.4. The molecule has 2 aromatic carbocycles. The van der Waals surface area contributed by atoms with Crippen LogP contribution in [-0.4, -0.2) is 21.2 Å². The highest BCUT2D eigenvalue weighted by Crippen LogP contribution is 2.24. The van der Waals surface area contributed by atoms with E-state index in [-0.39, 0.29) is 22.3 Å². The van der Waals surface area contributed by atoms with E-state index in [1.807, 2.05) is 0 Å². The highest BCUT2D eigenvalue weighted by Gasteiger charge is 2.17. The number of hydrogen-bond acceptors (Lipinski definition) is 5. The summed E-state index contributed by atoms with van der Waals surface area (Å²) in [5.41, 5.74) is 0.180. The Morgan fingerprint density at radius 1 is 1.07 bits per heavy atom. The average molecular weight is 447 g/mol. The first kappa shape index (κ1) is 20.2. The lowest BCUT2D eigenvalue weighted by Gasteiger charge is -2.12. The van der Waals surface area contributed by atoms with Gasteiger partial charge in [0, 0.05) is 11.8 Å². The summed E-state index contributed by atoms with van der Waals surface area (Å²) in [7, 11) is 0. The number of hydrogen-bond donors (Lipinski definition) is 1. The topological polar surface area (TPSA) is 64.0 Å². The molecule has 0 bridgehead atoms. The van der Waals surface area contributed by atoms with Crippen molar-refractivity contribution in [2.45, 2.75) is 5.16 Å². The number of aromatic nitrogens is 2. The van der Waals surface area contributed by atoms with Crippen LogP contribution in [-0.2, 0) is 4.79 Å². The number of amides is 1. The molecule has 0 saturated heterocycles. The van der Waals surface area contributed by atoms with Crippen molar-refractivity contribution in [1.29, 1.82) is 0 Å². The largest absolute Gasteiger partial charge is 0.325 e. The molecule has 4 aromatic rings. The van der Waals surface area contributed by atoms with Crippen LogP contribution >= 0.6 is 23.1 Å². The van der Waals surface area contributed by atoms with Crippen molar-refractivity contribution < 1.29 is 18.0 Å². The van der Waals surface area contributed by atoms with E-state index >= 15 is 0 Å². The second-order valence-electron chi connectivity index (χ2n) is 6.14. The van der Waals surface area contributed by atoms with Gasteiger partial charge in [0.05, 0.1) is 17.0 Å². The van der Waals surface area contributed by atoms with Crippen molar-refractivity contribution in [1.82, 2.24) is 9.55 Å². The highest BCUT2D eigenvalue weighted by molar-refractivity contribution is 7.99. The number of rotatable bonds is 5. The summed E-state index contributed by atoms with van der Waals surface area (Å²) in [5, 5.41) is 4.33. The van der Waals surface area contributed by atoms with Crippen LogP contribution in [0.15, 0.2) is 63.9 Å². The first-order valence-electron chi connectivity index (χ1n) is 8.55. The quantitative estimate of drug-likeness (QED) is 0.359. The van der Waals surface area contributed by atoms with Crippen molar-refractivity contribution in [2.24, 2.45) is 0 Å². The van der Waals surface area contributed by atoms with Crippen molar-refractivity contribution in [3.63, 3.8) is 0 Å². The molecule has 5 nitrogen and oxygen atoms in total. The number of thioether (sulfide) groups is 1. The fourth-order valence-corrected chi connectivity index (χ4v) is 4.35. The second-order valence-corrected chi connectivity index (χ2v) is 8.00. The van der Waals surface area contributed by atoms with Gasteiger partial charge in [0.2, 0.25) is 5.91 Å². The lowest BCUT2D eigenvalue weighted by molar-refractivity contribution is -0.113. The molecule has 0 aliphatic rings. The van der Waals surface area contributed by atoms with E-state index < -0.39 is 28.9 Å². The molecular formula is C20H12F3N3O2S2. The van der Waals surface area contributed by atoms with Crippen LogP contribution in [0, 0.1) is 17.5 Å². The number of carbonyl (C=O) groups excluding carboxylic acids is 1. The van der Waals surface area contributed by atoms with Crippen molar-refractivity contribution in [2.75, 3.05) is 11.1 Å². The Morgan fingerprint density at radius 2 is 1.83 bits per heavy atom. The minimum atomic E-state index is -0.844. The molecule has 1 amide bonds. The molecule has 4 rings (SSSR count). The van der Waals surface area contributed by atoms with Gasteiger partial charge < -0.3 is 5.32 Å². The zero-order chi connectivity index (χ0) is 21.3. The zero-order valence-electron chi connectivity index (χ0n) is 15.1. The molecule has 0 atom stereocenters. The van der Waals surface area contributed by atoms with Crippen LogP contribution in [0.25, 0.3) is 15.9 Å². The maximum absolute atomic E-state index is 13.7. The molecule has 2 heterocycles. The van der Waals surface area contributed by atoms with Crippen LogP contribution in [0.1, 0.15) is 0 Å². The normalized spacial score (nSPS) is 11.0. The van der Waals surface area contributed by atoms with Crippen molar-refractivity contribution in [3.05, 3.63) is 81.7 Å². The van der Waals surface area contributed by atoms with Crippen LogP contribution in [0.4, 0.5) is 18.9 Å². The summed E-state index contributed by atoms with van der Waals surface area (Å²) in [5.74, 6) is -2.80. The van der Waals surface area contributed by atoms with E-state index in [0.717, 1.165) is 39.8 Å². The molecule has 1 N–H and O–H groups in total. The lowest BCUT2D eigenvalue weighted by Crippen LogP contribution is -2.22. The lowest BCUT2D eigenvalue weighted by atomic mass is 10.3. The van der Waals surface area contributed by atoms with Gasteiger partial charge >= 0.3 is 0 Å². The number of nitrogens with one attached hydrogen (secondary N) is 1. The number of fused-ring (bicyclic) bond motifs is 1. The Bertz CT molecular complexity index is 1300. The summed E-state index contributed by atoms with van der Waals surface area (Å²) in [6.07, 6.45) is 0. The summed E-state index contributed by atoms with van der Waals surface area (Å²) in [6, 6.07) is 9.79. The molecule has 2 aromatic heterocycles. The van der Waals surface area contributed by atoms with Gasteiger partial charge in [0.15, 0.2) is 5.16 Å². The Morgan fingerprint density at radius 3 is 2.57 bits per heavy atom. The molecule has 0 saturated carbocycles. The minimum absolute atomic E-state index is 0.0339. The van der Waals surface area contributed by atoms with E-state index in [0.29, 0.717) is 16.3 Å². The number of anilines is 1. The van der Waals surface area contributed by atoms with Crippen LogP contribution in [0.3, 0.4) is 0 Å². The van der Waals surface area contributed by atoms with E-state index in [2.05, 4.69) is 10.3 Å². The summed E-state index contributed by atoms with van der Waals surface area (Å²) >= 11 is 2.08. The molecule has 0 radical (unpaired) electrons. The van der Waals surface area contributed by atoms with Crippen LogP contribution in [0.2, 0.25) is 0 Å². The van der Waals surface area contributed by atoms with Gasteiger partial charge in [-0.3, -0.25) is 14.2 Å². The van der Waals surface area contributed by atoms with E-state index in [4.69, 9.17) is 0 Å². The predicted octanol–water partition coefficient (Wildman–Crippen LogP) is 4.60. The fourth-order valence-electron chi connectivity index (χ4n) is 2.78. The number of thiophene rings is 1. The van der Waals surface area contributed by atoms with Gasteiger partial charge in [-0.25, -0.2) is 18.2 Å². The van der Waals surface area contributed by atoms with E-state index in [1.54, 1.807) is 11.4 Å². The summed E-state index contributed by atoms with van der Waals surface area (Å²) in [4.78, 5) is 29.6. The monoisotopic (exact) mass is 447 g/mol. The molecule has 0 fully saturated rings. The van der Waals surface area contributed by atoms with Gasteiger partial charge in [-0.1, -0.05) is 17.8 Å². The molecule has 30 heavy (non-hydrogen) atoms. The first-order valence-corrected chi connectivity index (χ1v) is 10.4. The van der Waals surface area contributed by atoms with Gasteiger partial charge in [0.1, 0.15) is 22.2 Å². The second kappa shape index (κ2) is 8.33. The van der Waals surface area contributed by atoms with E-state index in [1.165, 1.54) is 24.3 Å². The van der Waals surface area contributed by atoms with Crippen molar-refractivity contribution >= 4 is 44.9 Å². The van der Waals surface area contributed by atoms with Gasteiger partial charge in [0.25, 0.3) is 5.56 Å². The molecule has 0 unspecified atom stereocenters. The summed E-state index contributed by atoms with van der Waals surface area (Å²) in [6.45, 7) is 0. The maximum atomic E-state index is 13.7. The Kier molecular flexibility index (Phi) is 5.60. The Balaban J connectivity index is 1.67. The molecule has 152 valence electrons. The third-order valence-corrected chi connectivity index (χ3v) is 5.83. The average Bonchev–Trinajstić information content (AvgIpc) is 3.14. The zero-order valence-corrected chi connectivity index (χ0v) is 16.7. The van der Waals surface area contributed by atoms with E-state index in [9.17, 15) is 22.8 Å². The number of nitrogens with zero attached hydrogens (tertiary/aromatic N) is 2. The fraction of sp³-hybridized carbons (Fsp3) is 0.0500. The minimum Gasteiger partial charge on any atom is -0.325 e. The van der Waals surface area contributed by atoms with Gasteiger partial charge in [-0.05, 0) is 41.8 Å². The van der Waals surface area contributed by atoms with Crippen molar-refractivity contribution in [3.8, 4) is 5.69 Å². The smallest absolute Gasteiger partial charge is 0.276 e. The molecule has 0 spiro atoms. The Hall–Kier alpha value is -3.11. The van der Waals surface area contributed by atoms with Crippen LogP contribution in [0.5, 0.6) is 0 Å².